The molecule has 0 aliphatic carbocycles. The van der Waals surface area contributed by atoms with E-state index in [1.165, 1.54) is 30.3 Å². The molecule has 0 aliphatic rings. The lowest BCUT2D eigenvalue weighted by molar-refractivity contribution is -0.255. The van der Waals surface area contributed by atoms with Crippen molar-refractivity contribution in [2.45, 2.75) is 26.2 Å². The van der Waals surface area contributed by atoms with Crippen LogP contribution in [0.25, 0.3) is 6.08 Å². The minimum Gasteiger partial charge on any atom is -0.545 e. The smallest absolute Gasteiger partial charge is 0.203 e. The lowest BCUT2D eigenvalue weighted by atomic mass is 9.86. The molecule has 0 spiro atoms. The predicted octanol–water partition coefficient (Wildman–Crippen LogP) is 3.14. The van der Waals surface area contributed by atoms with Gasteiger partial charge in [-0.15, -0.1) is 0 Å². The zero-order valence-electron chi connectivity index (χ0n) is 14.4. The SMILES string of the molecule is CC(C)(C)c1ccc(C(=O)/C(C#N)=C/c2ccc(C(=O)[O-])cc2)cc1. The summed E-state index contributed by atoms with van der Waals surface area (Å²) in [7, 11) is 0. The van der Waals surface area contributed by atoms with Crippen molar-refractivity contribution in [3.63, 3.8) is 0 Å². The lowest BCUT2D eigenvalue weighted by Crippen LogP contribution is -2.21. The quantitative estimate of drug-likeness (QED) is 0.489. The zero-order valence-corrected chi connectivity index (χ0v) is 14.4. The molecule has 0 radical (unpaired) electrons. The number of carbonyl (C=O) groups is 2. The van der Waals surface area contributed by atoms with Crippen LogP contribution in [0, 0.1) is 11.3 Å². The van der Waals surface area contributed by atoms with Gasteiger partial charge >= 0.3 is 0 Å². The molecule has 0 saturated heterocycles. The fourth-order valence-electron chi connectivity index (χ4n) is 2.31. The van der Waals surface area contributed by atoms with Gasteiger partial charge in [0.25, 0.3) is 0 Å². The second-order valence-corrected chi connectivity index (χ2v) is 6.74. The first-order chi connectivity index (χ1) is 11.7. The van der Waals surface area contributed by atoms with E-state index >= 15 is 0 Å². The average Bonchev–Trinajstić information content (AvgIpc) is 2.59. The molecule has 4 heteroatoms. The van der Waals surface area contributed by atoms with Gasteiger partial charge in [0.15, 0.2) is 0 Å². The van der Waals surface area contributed by atoms with Crippen LogP contribution < -0.4 is 5.11 Å². The van der Waals surface area contributed by atoms with E-state index < -0.39 is 5.97 Å². The summed E-state index contributed by atoms with van der Waals surface area (Å²) >= 11 is 0. The van der Waals surface area contributed by atoms with Crippen LogP contribution in [0.15, 0.2) is 54.1 Å². The highest BCUT2D eigenvalue weighted by atomic mass is 16.4. The number of benzene rings is 2. The highest BCUT2D eigenvalue weighted by Crippen LogP contribution is 2.23. The van der Waals surface area contributed by atoms with Crippen LogP contribution in [0.2, 0.25) is 0 Å². The Kier molecular flexibility index (Phi) is 5.19. The molecule has 2 aromatic rings. The Hall–Kier alpha value is -3.19. The number of nitriles is 1. The molecule has 2 aromatic carbocycles. The van der Waals surface area contributed by atoms with E-state index in [1.54, 1.807) is 12.1 Å². The van der Waals surface area contributed by atoms with E-state index in [4.69, 9.17) is 0 Å². The molecular formula is C21H18NO3-. The summed E-state index contributed by atoms with van der Waals surface area (Å²) in [6, 6.07) is 14.9. The minimum atomic E-state index is -1.27. The number of carbonyl (C=O) groups excluding carboxylic acids is 2. The van der Waals surface area contributed by atoms with Crippen molar-refractivity contribution >= 4 is 17.8 Å². The Bertz CT molecular complexity index is 861. The van der Waals surface area contributed by atoms with Crippen LogP contribution in [-0.4, -0.2) is 11.8 Å². The van der Waals surface area contributed by atoms with E-state index in [1.807, 2.05) is 18.2 Å². The van der Waals surface area contributed by atoms with Gasteiger partial charge in [-0.1, -0.05) is 69.3 Å². The molecule has 0 saturated carbocycles. The normalized spacial score (nSPS) is 11.7. The number of nitrogens with zero attached hydrogens (tertiary/aromatic N) is 1. The van der Waals surface area contributed by atoms with Crippen LogP contribution in [-0.2, 0) is 5.41 Å². The van der Waals surface area contributed by atoms with Gasteiger partial charge in [0.05, 0.1) is 5.97 Å². The molecule has 126 valence electrons. The van der Waals surface area contributed by atoms with E-state index in [0.717, 1.165) is 5.56 Å². The van der Waals surface area contributed by atoms with E-state index in [-0.39, 0.29) is 22.3 Å². The Labute approximate surface area is 147 Å². The summed E-state index contributed by atoms with van der Waals surface area (Å²) in [4.78, 5) is 23.3. The summed E-state index contributed by atoms with van der Waals surface area (Å²) in [6.45, 7) is 6.25. The molecule has 0 atom stereocenters. The molecule has 0 amide bonds. The average molecular weight is 332 g/mol. The van der Waals surface area contributed by atoms with Gasteiger partial charge in [-0.05, 0) is 28.2 Å². The summed E-state index contributed by atoms with van der Waals surface area (Å²) in [5.74, 6) is -1.64. The van der Waals surface area contributed by atoms with Crippen molar-refractivity contribution in [2.24, 2.45) is 0 Å². The molecule has 0 heterocycles. The van der Waals surface area contributed by atoms with Crippen LogP contribution >= 0.6 is 0 Å². The maximum atomic E-state index is 12.5. The van der Waals surface area contributed by atoms with Gasteiger partial charge in [-0.2, -0.15) is 5.26 Å². The lowest BCUT2D eigenvalue weighted by Gasteiger charge is -2.18. The summed E-state index contributed by atoms with van der Waals surface area (Å²) in [6.07, 6.45) is 1.44. The molecule has 4 nitrogen and oxygen atoms in total. The highest BCUT2D eigenvalue weighted by molar-refractivity contribution is 6.14. The van der Waals surface area contributed by atoms with Gasteiger partial charge in [-0.3, -0.25) is 4.79 Å². The first-order valence-electron chi connectivity index (χ1n) is 7.81. The fourth-order valence-corrected chi connectivity index (χ4v) is 2.31. The van der Waals surface area contributed by atoms with Crippen LogP contribution in [0.1, 0.15) is 52.6 Å². The van der Waals surface area contributed by atoms with E-state index in [2.05, 4.69) is 20.8 Å². The molecule has 0 fully saturated rings. The number of Topliss-reactive ketones (excluding diaryl/α,β-unsaturated/α-hetero) is 1. The summed E-state index contributed by atoms with van der Waals surface area (Å²) < 4.78 is 0. The van der Waals surface area contributed by atoms with Crippen molar-refractivity contribution in [1.82, 2.24) is 0 Å². The molecule has 2 rings (SSSR count). The van der Waals surface area contributed by atoms with Gasteiger partial charge in [0, 0.05) is 5.56 Å². The summed E-state index contributed by atoms with van der Waals surface area (Å²) in [5, 5.41) is 20.1. The van der Waals surface area contributed by atoms with Gasteiger partial charge in [0.1, 0.15) is 11.6 Å². The zero-order chi connectivity index (χ0) is 18.6. The van der Waals surface area contributed by atoms with Crippen molar-refractivity contribution < 1.29 is 14.7 Å². The number of allylic oxidation sites excluding steroid dienone is 1. The van der Waals surface area contributed by atoms with Gasteiger partial charge in [-0.25, -0.2) is 0 Å². The third-order valence-corrected chi connectivity index (χ3v) is 3.84. The first-order valence-corrected chi connectivity index (χ1v) is 7.81. The summed E-state index contributed by atoms with van der Waals surface area (Å²) in [5.41, 5.74) is 2.12. The molecule has 0 bridgehead atoms. The van der Waals surface area contributed by atoms with Crippen molar-refractivity contribution in [2.75, 3.05) is 0 Å². The highest BCUT2D eigenvalue weighted by Gasteiger charge is 2.16. The van der Waals surface area contributed by atoms with Crippen LogP contribution in [0.3, 0.4) is 0 Å². The Morgan fingerprint density at radius 1 is 0.960 bits per heavy atom. The molecule has 0 N–H and O–H groups in total. The number of hydrogen-bond acceptors (Lipinski definition) is 4. The van der Waals surface area contributed by atoms with Crippen molar-refractivity contribution in [1.29, 1.82) is 5.26 Å². The molecule has 0 aromatic heterocycles. The van der Waals surface area contributed by atoms with Crippen LogP contribution in [0.5, 0.6) is 0 Å². The van der Waals surface area contributed by atoms with Gasteiger partial charge < -0.3 is 9.90 Å². The second kappa shape index (κ2) is 7.14. The molecule has 0 aliphatic heterocycles. The molecular weight excluding hydrogens is 314 g/mol. The number of aromatic carboxylic acids is 1. The second-order valence-electron chi connectivity index (χ2n) is 6.74. The molecule has 25 heavy (non-hydrogen) atoms. The van der Waals surface area contributed by atoms with Gasteiger partial charge in [0.2, 0.25) is 5.78 Å². The minimum absolute atomic E-state index is 0.00953. The molecule has 0 unspecified atom stereocenters. The predicted molar refractivity (Wildman–Crippen MR) is 93.8 cm³/mol. The Morgan fingerprint density at radius 3 is 1.92 bits per heavy atom. The third-order valence-electron chi connectivity index (χ3n) is 3.84. The standard InChI is InChI=1S/C21H19NO3/c1-21(2,3)18-10-8-15(9-11-18)19(23)17(13-22)12-14-4-6-16(7-5-14)20(24)25/h4-12H,1-3H3,(H,24,25)/p-1/b17-12+. The van der Waals surface area contributed by atoms with E-state index in [0.29, 0.717) is 11.1 Å². The number of carboxylic acid groups (broad SMARTS) is 1. The Balaban J connectivity index is 2.29. The first kappa shape index (κ1) is 18.2. The van der Waals surface area contributed by atoms with Crippen molar-refractivity contribution in [3.8, 4) is 6.07 Å². The van der Waals surface area contributed by atoms with Crippen molar-refractivity contribution in [3.05, 3.63) is 76.4 Å². The maximum absolute atomic E-state index is 12.5. The monoisotopic (exact) mass is 332 g/mol. The number of rotatable bonds is 4. The maximum Gasteiger partial charge on any atom is 0.203 e. The number of carboxylic acids is 1. The van der Waals surface area contributed by atoms with Crippen LogP contribution in [0.4, 0.5) is 0 Å². The topological polar surface area (TPSA) is 81.0 Å². The number of hydrogen-bond donors (Lipinski definition) is 0. The number of ketones is 1. The Morgan fingerprint density at radius 2 is 1.48 bits per heavy atom. The van der Waals surface area contributed by atoms with E-state index in [9.17, 15) is 20.0 Å². The third kappa shape index (κ3) is 4.42. The fraction of sp³-hybridized carbons (Fsp3) is 0.190. The largest absolute Gasteiger partial charge is 0.545 e.